The fourth-order valence-corrected chi connectivity index (χ4v) is 3.28. The predicted molar refractivity (Wildman–Crippen MR) is 120 cm³/mol. The van der Waals surface area contributed by atoms with Crippen LogP contribution < -0.4 is 19.0 Å². The second kappa shape index (κ2) is 10.9. The van der Waals surface area contributed by atoms with Crippen molar-refractivity contribution in [3.05, 3.63) is 48.0 Å². The van der Waals surface area contributed by atoms with Gasteiger partial charge in [-0.05, 0) is 69.7 Å². The van der Waals surface area contributed by atoms with Gasteiger partial charge >= 0.3 is 16.1 Å². The zero-order valence-electron chi connectivity index (χ0n) is 18.5. The molecule has 0 atom stereocenters. The topological polar surface area (TPSA) is 94.2 Å². The summed E-state index contributed by atoms with van der Waals surface area (Å²) in [6, 6.07) is 11.7. The Hall–Kier alpha value is -2.94. The summed E-state index contributed by atoms with van der Waals surface area (Å²) in [6.45, 7) is 8.04. The highest BCUT2D eigenvalue weighted by Gasteiger charge is 2.20. The number of benzene rings is 2. The maximum atomic E-state index is 12.9. The number of anilines is 1. The highest BCUT2D eigenvalue weighted by Crippen LogP contribution is 2.30. The molecule has 0 aliphatic rings. The molecular formula is C22H30N2O6S. The number of methoxy groups -OCH3 is 1. The number of amides is 2. The summed E-state index contributed by atoms with van der Waals surface area (Å²) in [6.07, 6.45) is 0. The van der Waals surface area contributed by atoms with E-state index in [0.717, 1.165) is 5.75 Å². The third kappa shape index (κ3) is 7.06. The third-order valence-corrected chi connectivity index (χ3v) is 5.59. The Morgan fingerprint density at radius 2 is 1.74 bits per heavy atom. The van der Waals surface area contributed by atoms with Crippen molar-refractivity contribution in [3.63, 3.8) is 0 Å². The molecule has 31 heavy (non-hydrogen) atoms. The van der Waals surface area contributed by atoms with Crippen LogP contribution in [0.1, 0.15) is 33.3 Å². The van der Waals surface area contributed by atoms with Gasteiger partial charge in [-0.25, -0.2) is 4.79 Å². The standard InChI is InChI=1S/C22H30N2O6S/c1-6-29-19-11-9-18(10-12-19)23-22(25)24(16(3)4)15-17-8-13-20(28-5)21(14-17)30-31(26,27)7-2/h8-14,16H,6-7,15H2,1-5H3,(H,23,25). The van der Waals surface area contributed by atoms with E-state index in [2.05, 4.69) is 5.32 Å². The number of carbonyl (C=O) groups excluding carboxylic acids is 1. The Labute approximate surface area is 184 Å². The number of urea groups is 1. The van der Waals surface area contributed by atoms with Gasteiger partial charge in [0.05, 0.1) is 19.5 Å². The lowest BCUT2D eigenvalue weighted by atomic mass is 10.1. The summed E-state index contributed by atoms with van der Waals surface area (Å²) in [5, 5.41) is 2.88. The first-order valence-corrected chi connectivity index (χ1v) is 11.7. The van der Waals surface area contributed by atoms with Crippen LogP contribution in [0.2, 0.25) is 0 Å². The maximum absolute atomic E-state index is 12.9. The molecule has 2 aromatic rings. The number of nitrogens with one attached hydrogen (secondary N) is 1. The molecule has 0 aliphatic carbocycles. The summed E-state index contributed by atoms with van der Waals surface area (Å²) in [5.41, 5.74) is 1.35. The van der Waals surface area contributed by atoms with E-state index in [1.165, 1.54) is 14.0 Å². The van der Waals surface area contributed by atoms with Crippen LogP contribution in [0, 0.1) is 0 Å². The molecule has 1 N–H and O–H groups in total. The fraction of sp³-hybridized carbons (Fsp3) is 0.409. The number of hydrogen-bond donors (Lipinski definition) is 1. The van der Waals surface area contributed by atoms with Gasteiger partial charge in [-0.2, -0.15) is 8.42 Å². The van der Waals surface area contributed by atoms with Crippen molar-refractivity contribution in [3.8, 4) is 17.2 Å². The van der Waals surface area contributed by atoms with Crippen molar-refractivity contribution < 1.29 is 26.9 Å². The van der Waals surface area contributed by atoms with Crippen LogP contribution in [-0.4, -0.2) is 44.9 Å². The molecule has 9 heteroatoms. The Balaban J connectivity index is 2.19. The second-order valence-electron chi connectivity index (χ2n) is 7.02. The first-order chi connectivity index (χ1) is 14.7. The van der Waals surface area contributed by atoms with Crippen LogP contribution in [0.25, 0.3) is 0 Å². The monoisotopic (exact) mass is 450 g/mol. The zero-order chi connectivity index (χ0) is 23.0. The van der Waals surface area contributed by atoms with Crippen molar-refractivity contribution in [2.24, 2.45) is 0 Å². The van der Waals surface area contributed by atoms with E-state index in [1.807, 2.05) is 20.8 Å². The third-order valence-electron chi connectivity index (χ3n) is 4.45. The van der Waals surface area contributed by atoms with Gasteiger partial charge in [0.2, 0.25) is 0 Å². The van der Waals surface area contributed by atoms with E-state index in [1.54, 1.807) is 47.4 Å². The van der Waals surface area contributed by atoms with Crippen molar-refractivity contribution >= 4 is 21.8 Å². The van der Waals surface area contributed by atoms with Gasteiger partial charge in [0.15, 0.2) is 11.5 Å². The molecule has 0 spiro atoms. The maximum Gasteiger partial charge on any atom is 0.322 e. The van der Waals surface area contributed by atoms with Crippen molar-refractivity contribution in [1.29, 1.82) is 0 Å². The van der Waals surface area contributed by atoms with Crippen LogP contribution in [0.15, 0.2) is 42.5 Å². The van der Waals surface area contributed by atoms with Gasteiger partial charge in [0.1, 0.15) is 5.75 Å². The van der Waals surface area contributed by atoms with Crippen LogP contribution in [0.4, 0.5) is 10.5 Å². The highest BCUT2D eigenvalue weighted by atomic mass is 32.2. The van der Waals surface area contributed by atoms with Gasteiger partial charge in [0.25, 0.3) is 0 Å². The van der Waals surface area contributed by atoms with Gasteiger partial charge < -0.3 is 23.9 Å². The number of nitrogens with zero attached hydrogens (tertiary/aromatic N) is 1. The molecule has 8 nitrogen and oxygen atoms in total. The molecule has 0 unspecified atom stereocenters. The van der Waals surface area contributed by atoms with E-state index in [-0.39, 0.29) is 30.1 Å². The molecule has 0 aromatic heterocycles. The Morgan fingerprint density at radius 1 is 1.06 bits per heavy atom. The average Bonchev–Trinajstić information content (AvgIpc) is 2.73. The predicted octanol–water partition coefficient (Wildman–Crippen LogP) is 4.26. The van der Waals surface area contributed by atoms with Crippen molar-refractivity contribution in [1.82, 2.24) is 4.90 Å². The van der Waals surface area contributed by atoms with Crippen LogP contribution >= 0.6 is 0 Å². The van der Waals surface area contributed by atoms with Crippen molar-refractivity contribution in [2.45, 2.75) is 40.3 Å². The van der Waals surface area contributed by atoms with Gasteiger partial charge in [-0.1, -0.05) is 6.07 Å². The van der Waals surface area contributed by atoms with Crippen LogP contribution in [-0.2, 0) is 16.7 Å². The van der Waals surface area contributed by atoms with E-state index in [0.29, 0.717) is 23.6 Å². The molecule has 2 rings (SSSR count). The molecular weight excluding hydrogens is 420 g/mol. The summed E-state index contributed by atoms with van der Waals surface area (Å²) < 4.78 is 39.6. The lowest BCUT2D eigenvalue weighted by molar-refractivity contribution is 0.193. The quantitative estimate of drug-likeness (QED) is 0.544. The Bertz CT molecular complexity index is 974. The summed E-state index contributed by atoms with van der Waals surface area (Å²) >= 11 is 0. The lowest BCUT2D eigenvalue weighted by Gasteiger charge is -2.27. The van der Waals surface area contributed by atoms with Crippen LogP contribution in [0.3, 0.4) is 0 Å². The minimum Gasteiger partial charge on any atom is -0.494 e. The van der Waals surface area contributed by atoms with Gasteiger partial charge in [-0.3, -0.25) is 0 Å². The molecule has 0 heterocycles. The minimum atomic E-state index is -3.71. The number of carbonyl (C=O) groups is 1. The molecule has 170 valence electrons. The zero-order valence-corrected chi connectivity index (χ0v) is 19.4. The summed E-state index contributed by atoms with van der Waals surface area (Å²) in [7, 11) is -2.28. The highest BCUT2D eigenvalue weighted by molar-refractivity contribution is 7.87. The summed E-state index contributed by atoms with van der Waals surface area (Å²) in [5.74, 6) is 0.963. The molecule has 0 bridgehead atoms. The molecule has 2 aromatic carbocycles. The summed E-state index contributed by atoms with van der Waals surface area (Å²) in [4.78, 5) is 14.5. The molecule has 2 amide bonds. The Morgan fingerprint density at radius 3 is 2.29 bits per heavy atom. The molecule has 0 fully saturated rings. The lowest BCUT2D eigenvalue weighted by Crippen LogP contribution is -2.39. The number of ether oxygens (including phenoxy) is 2. The first-order valence-electron chi connectivity index (χ1n) is 10.1. The minimum absolute atomic E-state index is 0.0949. The largest absolute Gasteiger partial charge is 0.494 e. The normalized spacial score (nSPS) is 11.2. The van der Waals surface area contributed by atoms with E-state index in [4.69, 9.17) is 13.7 Å². The van der Waals surface area contributed by atoms with Crippen LogP contribution in [0.5, 0.6) is 17.2 Å². The fourth-order valence-electron chi connectivity index (χ4n) is 2.76. The molecule has 0 radical (unpaired) electrons. The average molecular weight is 451 g/mol. The van der Waals surface area contributed by atoms with E-state index < -0.39 is 10.1 Å². The Kier molecular flexibility index (Phi) is 8.56. The SMILES string of the molecule is CCOc1ccc(NC(=O)N(Cc2ccc(OC)c(OS(=O)(=O)CC)c2)C(C)C)cc1. The molecule has 0 aliphatic heterocycles. The van der Waals surface area contributed by atoms with Gasteiger partial charge in [-0.15, -0.1) is 0 Å². The van der Waals surface area contributed by atoms with Gasteiger partial charge in [0, 0.05) is 18.3 Å². The smallest absolute Gasteiger partial charge is 0.322 e. The van der Waals surface area contributed by atoms with E-state index >= 15 is 0 Å². The molecule has 0 saturated heterocycles. The number of rotatable bonds is 10. The molecule has 0 saturated carbocycles. The number of hydrogen-bond acceptors (Lipinski definition) is 6. The van der Waals surface area contributed by atoms with Crippen molar-refractivity contribution in [2.75, 3.05) is 24.8 Å². The first kappa shape index (κ1) is 24.3. The van der Waals surface area contributed by atoms with E-state index in [9.17, 15) is 13.2 Å². The second-order valence-corrected chi connectivity index (χ2v) is 8.88.